The van der Waals surface area contributed by atoms with E-state index in [-0.39, 0.29) is 5.91 Å². The van der Waals surface area contributed by atoms with Crippen LogP contribution in [0.3, 0.4) is 0 Å². The van der Waals surface area contributed by atoms with Gasteiger partial charge in [0, 0.05) is 49.7 Å². The van der Waals surface area contributed by atoms with Crippen molar-refractivity contribution in [2.45, 2.75) is 39.4 Å². The molecule has 8 nitrogen and oxygen atoms in total. The Bertz CT molecular complexity index is 860. The van der Waals surface area contributed by atoms with E-state index in [0.29, 0.717) is 25.0 Å². The van der Waals surface area contributed by atoms with Crippen molar-refractivity contribution in [3.63, 3.8) is 0 Å². The van der Waals surface area contributed by atoms with Gasteiger partial charge >= 0.3 is 0 Å². The van der Waals surface area contributed by atoms with Crippen LogP contribution in [-0.2, 0) is 13.1 Å². The number of likely N-dealkylation sites (N-methyl/N-ethyl adjacent to an activating group) is 1. The van der Waals surface area contributed by atoms with E-state index < -0.39 is 0 Å². The van der Waals surface area contributed by atoms with Crippen LogP contribution in [0.15, 0.2) is 12.5 Å². The second-order valence-corrected chi connectivity index (χ2v) is 7.74. The van der Waals surface area contributed by atoms with E-state index in [2.05, 4.69) is 38.4 Å². The molecule has 2 aliphatic heterocycles. The standard InChI is InChI=1S/C19H27N7O/c1-13-14(2)21-17(22-18(13)24-6-5-15(10-24)23(3)4)19(27)25-7-8-26-12-20-9-16(26)11-25/h9,12,15H,5-8,10-11H2,1-4H3/t15-/m1/s1. The van der Waals surface area contributed by atoms with Crippen molar-refractivity contribution in [1.29, 1.82) is 0 Å². The van der Waals surface area contributed by atoms with E-state index in [1.54, 1.807) is 0 Å². The number of amides is 1. The Labute approximate surface area is 159 Å². The van der Waals surface area contributed by atoms with Crippen LogP contribution in [0.25, 0.3) is 0 Å². The zero-order valence-electron chi connectivity index (χ0n) is 16.5. The average Bonchev–Trinajstić information content (AvgIpc) is 3.31. The summed E-state index contributed by atoms with van der Waals surface area (Å²) in [4.78, 5) is 32.8. The molecule has 4 rings (SSSR count). The highest BCUT2D eigenvalue weighted by Gasteiger charge is 2.29. The maximum absolute atomic E-state index is 13.1. The van der Waals surface area contributed by atoms with Crippen LogP contribution in [0.1, 0.15) is 34.0 Å². The van der Waals surface area contributed by atoms with Gasteiger partial charge in [-0.05, 0) is 34.4 Å². The lowest BCUT2D eigenvalue weighted by Gasteiger charge is -2.28. The second-order valence-electron chi connectivity index (χ2n) is 7.74. The summed E-state index contributed by atoms with van der Waals surface area (Å²) >= 11 is 0. The third-order valence-corrected chi connectivity index (χ3v) is 5.80. The Hall–Kier alpha value is -2.48. The molecule has 1 atom stereocenters. The molecule has 2 aromatic heterocycles. The molecule has 0 bridgehead atoms. The number of nitrogens with zero attached hydrogens (tertiary/aromatic N) is 7. The van der Waals surface area contributed by atoms with Gasteiger partial charge < -0.3 is 19.3 Å². The Morgan fingerprint density at radius 2 is 2.00 bits per heavy atom. The van der Waals surface area contributed by atoms with E-state index in [0.717, 1.165) is 48.8 Å². The Morgan fingerprint density at radius 3 is 2.74 bits per heavy atom. The van der Waals surface area contributed by atoms with E-state index in [1.165, 1.54) is 0 Å². The SMILES string of the molecule is Cc1nc(C(=O)N2CCn3cncc3C2)nc(N2CC[C@@H](N(C)C)C2)c1C. The number of aromatic nitrogens is 4. The van der Waals surface area contributed by atoms with Gasteiger partial charge in [0.1, 0.15) is 5.82 Å². The molecule has 4 heterocycles. The highest BCUT2D eigenvalue weighted by Crippen LogP contribution is 2.26. The highest BCUT2D eigenvalue weighted by atomic mass is 16.2. The van der Waals surface area contributed by atoms with Crippen LogP contribution >= 0.6 is 0 Å². The first-order valence-corrected chi connectivity index (χ1v) is 9.49. The molecule has 1 amide bonds. The van der Waals surface area contributed by atoms with Crippen LogP contribution in [-0.4, -0.2) is 75.0 Å². The normalized spacial score (nSPS) is 19.7. The van der Waals surface area contributed by atoms with Crippen molar-refractivity contribution in [2.75, 3.05) is 38.6 Å². The van der Waals surface area contributed by atoms with Gasteiger partial charge in [0.15, 0.2) is 0 Å². The van der Waals surface area contributed by atoms with Crippen molar-refractivity contribution in [3.8, 4) is 0 Å². The molecule has 0 saturated carbocycles. The van der Waals surface area contributed by atoms with Crippen molar-refractivity contribution < 1.29 is 4.79 Å². The second kappa shape index (κ2) is 6.92. The summed E-state index contributed by atoms with van der Waals surface area (Å²) in [5, 5.41) is 0. The molecular weight excluding hydrogens is 342 g/mol. The van der Waals surface area contributed by atoms with Crippen LogP contribution in [0, 0.1) is 13.8 Å². The van der Waals surface area contributed by atoms with E-state index in [9.17, 15) is 4.79 Å². The molecule has 0 N–H and O–H groups in total. The summed E-state index contributed by atoms with van der Waals surface area (Å²) in [7, 11) is 4.23. The van der Waals surface area contributed by atoms with Crippen LogP contribution < -0.4 is 4.90 Å². The van der Waals surface area contributed by atoms with Crippen molar-refractivity contribution in [3.05, 3.63) is 35.3 Å². The van der Waals surface area contributed by atoms with Crippen LogP contribution in [0.5, 0.6) is 0 Å². The minimum absolute atomic E-state index is 0.102. The summed E-state index contributed by atoms with van der Waals surface area (Å²) in [5.41, 5.74) is 2.98. The number of hydrogen-bond acceptors (Lipinski definition) is 6. The summed E-state index contributed by atoms with van der Waals surface area (Å²) in [6, 6.07) is 0.515. The van der Waals surface area contributed by atoms with E-state index in [1.807, 2.05) is 31.3 Å². The first-order chi connectivity index (χ1) is 12.9. The third-order valence-electron chi connectivity index (χ3n) is 5.80. The number of hydrogen-bond donors (Lipinski definition) is 0. The molecule has 0 spiro atoms. The molecule has 0 aliphatic carbocycles. The van der Waals surface area contributed by atoms with E-state index in [4.69, 9.17) is 4.98 Å². The molecular formula is C19H27N7O. The lowest BCUT2D eigenvalue weighted by atomic mass is 10.2. The first kappa shape index (κ1) is 17.9. The maximum Gasteiger partial charge on any atom is 0.292 e. The number of carbonyl (C=O) groups excluding carboxylic acids is 1. The lowest BCUT2D eigenvalue weighted by Crippen LogP contribution is -2.39. The van der Waals surface area contributed by atoms with Crippen LogP contribution in [0.2, 0.25) is 0 Å². The maximum atomic E-state index is 13.1. The number of aryl methyl sites for hydroxylation is 1. The number of carbonyl (C=O) groups is 1. The molecule has 0 aromatic carbocycles. The van der Waals surface area contributed by atoms with Gasteiger partial charge in [-0.2, -0.15) is 0 Å². The zero-order valence-corrected chi connectivity index (χ0v) is 16.5. The Morgan fingerprint density at radius 1 is 1.19 bits per heavy atom. The molecule has 1 saturated heterocycles. The first-order valence-electron chi connectivity index (χ1n) is 9.49. The minimum atomic E-state index is -0.102. The monoisotopic (exact) mass is 369 g/mol. The molecule has 0 unspecified atom stereocenters. The molecule has 1 fully saturated rings. The van der Waals surface area contributed by atoms with Gasteiger partial charge in [-0.3, -0.25) is 4.79 Å². The number of fused-ring (bicyclic) bond motifs is 1. The minimum Gasteiger partial charge on any atom is -0.355 e. The van der Waals surface area contributed by atoms with Crippen molar-refractivity contribution >= 4 is 11.7 Å². The van der Waals surface area contributed by atoms with Gasteiger partial charge in [-0.25, -0.2) is 15.0 Å². The quantitative estimate of drug-likeness (QED) is 0.807. The fourth-order valence-electron chi connectivity index (χ4n) is 3.87. The van der Waals surface area contributed by atoms with Gasteiger partial charge in [0.05, 0.1) is 18.6 Å². The topological polar surface area (TPSA) is 70.4 Å². The predicted octanol–water partition coefficient (Wildman–Crippen LogP) is 1.09. The zero-order chi connectivity index (χ0) is 19.1. The average molecular weight is 369 g/mol. The molecule has 27 heavy (non-hydrogen) atoms. The molecule has 0 radical (unpaired) electrons. The smallest absolute Gasteiger partial charge is 0.292 e. The molecule has 8 heteroatoms. The van der Waals surface area contributed by atoms with Gasteiger partial charge in [-0.15, -0.1) is 0 Å². The summed E-state index contributed by atoms with van der Waals surface area (Å²) in [5.74, 6) is 1.10. The summed E-state index contributed by atoms with van der Waals surface area (Å²) in [6.07, 6.45) is 4.74. The summed E-state index contributed by atoms with van der Waals surface area (Å²) < 4.78 is 2.09. The Balaban J connectivity index is 1.59. The summed E-state index contributed by atoms with van der Waals surface area (Å²) in [6.45, 7) is 7.85. The van der Waals surface area contributed by atoms with Crippen molar-refractivity contribution in [2.24, 2.45) is 0 Å². The van der Waals surface area contributed by atoms with E-state index >= 15 is 0 Å². The fraction of sp³-hybridized carbons (Fsp3) is 0.579. The molecule has 144 valence electrons. The third kappa shape index (κ3) is 3.29. The largest absolute Gasteiger partial charge is 0.355 e. The van der Waals surface area contributed by atoms with Gasteiger partial charge in [-0.1, -0.05) is 0 Å². The molecule has 2 aliphatic rings. The van der Waals surface area contributed by atoms with Gasteiger partial charge in [0.2, 0.25) is 5.82 Å². The lowest BCUT2D eigenvalue weighted by molar-refractivity contribution is 0.0698. The van der Waals surface area contributed by atoms with Crippen molar-refractivity contribution in [1.82, 2.24) is 29.3 Å². The molecule has 2 aromatic rings. The predicted molar refractivity (Wildman–Crippen MR) is 103 cm³/mol. The number of rotatable bonds is 3. The number of imidazole rings is 1. The number of anilines is 1. The van der Waals surface area contributed by atoms with Gasteiger partial charge in [0.25, 0.3) is 5.91 Å². The Kier molecular flexibility index (Phi) is 4.59. The van der Waals surface area contributed by atoms with Crippen LogP contribution in [0.4, 0.5) is 5.82 Å². The highest BCUT2D eigenvalue weighted by molar-refractivity contribution is 5.91. The fourth-order valence-corrected chi connectivity index (χ4v) is 3.87.